The number of nitrogens with zero attached hydrogens (tertiary/aromatic N) is 1. The van der Waals surface area contributed by atoms with Crippen LogP contribution in [0.2, 0.25) is 0 Å². The molecular formula is C88H93N13O14. The highest BCUT2D eigenvalue weighted by Gasteiger charge is 2.41. The third-order valence-corrected chi connectivity index (χ3v) is 22.8. The standard InChI is InChI=1S/C88H93N13O14/c1-2-33-115-65-31-29-52(30-32-65)88(114)101-48-74(99-86(112)63-42-59-40-60(43-63)83(109)96-71-26-14-10-22-67(71)92-79(105)56-35-53(76(102)89-46-50-17-5-3-6-18-50)34-55(38-56)78(104)91-66-21-9-13-25-70(66)95-82(59)108)75(49-101)100-87(113)64-44-61-41-62(45-64)85(111)98-73-28-16-12-24-69(73)94-81(107)58-37-54(77(103)90-47-51-19-7-4-8-20-51)36-57(39-58)80(106)93-68-23-11-15-27-72(68)97-84(61)110/h2-8,17-20,29-32,34-45,66-75H,1,9-16,21-28,33,46-49H2,(H,89,102)(H,90,103)(H,91,104)(H,92,105)(H,93,106)(H,94,107)(H,95,108)(H,96,109)(H,97,110)(H,98,111)(H,99,112)(H,100,113)/t66-,67-,68-,69-,70-,71-,72-,73-,74-,75-/m1/s1. The minimum atomic E-state index is -1.11. The summed E-state index contributed by atoms with van der Waals surface area (Å²) in [6, 6.07) is 34.0. The van der Waals surface area contributed by atoms with Crippen LogP contribution in [0.3, 0.4) is 0 Å². The molecule has 0 radical (unpaired) electrons. The lowest BCUT2D eigenvalue weighted by molar-refractivity contribution is 0.0777. The van der Waals surface area contributed by atoms with Gasteiger partial charge in [0, 0.05) is 147 Å². The van der Waals surface area contributed by atoms with Crippen molar-refractivity contribution in [1.82, 2.24) is 68.7 Å². The van der Waals surface area contributed by atoms with Crippen molar-refractivity contribution in [2.75, 3.05) is 19.7 Å². The van der Waals surface area contributed by atoms with Crippen LogP contribution in [0.15, 0.2) is 170 Å². The summed E-state index contributed by atoms with van der Waals surface area (Å²) in [5, 5.41) is 36.4. The quantitative estimate of drug-likeness (QED) is 0.0465. The lowest BCUT2D eigenvalue weighted by atomic mass is 9.89. The van der Waals surface area contributed by atoms with Crippen LogP contribution in [0.4, 0.5) is 0 Å². The molecule has 12 N–H and O–H groups in total. The van der Waals surface area contributed by atoms with Gasteiger partial charge in [-0.1, -0.05) is 125 Å². The summed E-state index contributed by atoms with van der Waals surface area (Å²) >= 11 is 0. The van der Waals surface area contributed by atoms with Crippen LogP contribution in [0, 0.1) is 0 Å². The summed E-state index contributed by atoms with van der Waals surface area (Å²) < 4.78 is 5.70. The first-order valence-electron chi connectivity index (χ1n) is 39.7. The van der Waals surface area contributed by atoms with Crippen LogP contribution in [0.5, 0.6) is 5.75 Å². The molecule has 3 heterocycles. The van der Waals surface area contributed by atoms with Crippen molar-refractivity contribution in [3.05, 3.63) is 254 Å². The van der Waals surface area contributed by atoms with E-state index in [0.717, 1.165) is 11.1 Å². The highest BCUT2D eigenvalue weighted by Crippen LogP contribution is 2.29. The van der Waals surface area contributed by atoms with Gasteiger partial charge in [-0.2, -0.15) is 0 Å². The fourth-order valence-electron chi connectivity index (χ4n) is 16.6. The molecule has 10 atom stereocenters. The normalized spacial score (nSPS) is 23.1. The second-order valence-corrected chi connectivity index (χ2v) is 30.8. The Morgan fingerprint density at radius 3 is 0.843 bits per heavy atom. The molecule has 3 aliphatic heterocycles. The van der Waals surface area contributed by atoms with E-state index in [4.69, 9.17) is 4.74 Å². The van der Waals surface area contributed by atoms with Crippen LogP contribution >= 0.6 is 0 Å². The number of carbonyl (C=O) groups excluding carboxylic acids is 13. The average Bonchev–Trinajstić information content (AvgIpc) is 1.72. The number of ether oxygens (including phenoxy) is 1. The molecular weight excluding hydrogens is 1460 g/mol. The summed E-state index contributed by atoms with van der Waals surface area (Å²) in [4.78, 5) is 192. The maximum absolute atomic E-state index is 15.3. The maximum atomic E-state index is 15.3. The molecule has 1 saturated heterocycles. The summed E-state index contributed by atoms with van der Waals surface area (Å²) in [5.74, 6) is -7.72. The van der Waals surface area contributed by atoms with Crippen molar-refractivity contribution in [1.29, 1.82) is 0 Å². The van der Waals surface area contributed by atoms with Gasteiger partial charge >= 0.3 is 0 Å². The van der Waals surface area contributed by atoms with E-state index in [1.165, 1.54) is 77.7 Å². The number of benzene rings is 7. The molecule has 7 aromatic rings. The fourth-order valence-corrected chi connectivity index (χ4v) is 16.6. The molecule has 7 aromatic carbocycles. The predicted molar refractivity (Wildman–Crippen MR) is 425 cm³/mol. The molecule has 4 saturated carbocycles. The molecule has 4 aliphatic carbocycles. The minimum absolute atomic E-state index is 0.0353. The first-order chi connectivity index (χ1) is 55.7. The lowest BCUT2D eigenvalue weighted by Gasteiger charge is -2.34. The summed E-state index contributed by atoms with van der Waals surface area (Å²) in [6.45, 7) is 3.88. The largest absolute Gasteiger partial charge is 0.490 e. The smallest absolute Gasteiger partial charge is 0.254 e. The number of amides is 13. The number of nitrogens with one attached hydrogen (secondary N) is 12. The van der Waals surface area contributed by atoms with E-state index in [9.17, 15) is 52.7 Å². The summed E-state index contributed by atoms with van der Waals surface area (Å²) in [6.07, 6.45) is 10.5. The van der Waals surface area contributed by atoms with Crippen LogP contribution in [-0.4, -0.2) is 162 Å². The van der Waals surface area contributed by atoms with Gasteiger partial charge in [-0.15, -0.1) is 0 Å². The van der Waals surface area contributed by atoms with Crippen LogP contribution < -0.4 is 68.5 Å². The molecule has 27 nitrogen and oxygen atoms in total. The maximum Gasteiger partial charge on any atom is 0.254 e. The molecule has 13 amide bonds. The second-order valence-electron chi connectivity index (χ2n) is 30.8. The molecule has 0 aromatic heterocycles. The first kappa shape index (κ1) is 78.9. The molecule has 115 heavy (non-hydrogen) atoms. The Morgan fingerprint density at radius 1 is 0.339 bits per heavy atom. The van der Waals surface area contributed by atoms with E-state index in [-0.39, 0.29) is 105 Å². The number of carbonyl (C=O) groups is 13. The van der Waals surface area contributed by atoms with Crippen molar-refractivity contribution in [2.45, 2.75) is 176 Å². The summed E-state index contributed by atoms with van der Waals surface area (Å²) in [5.41, 5.74) is 1.52. The SMILES string of the molecule is C=CCOc1ccc(C(=O)N2C[C@@H](NC(=O)c3cc4cc(c3)C(=O)N[C@@H]3CCCC[C@H]3NC(=O)c3cc(C(=O)NCc5ccccc5)cc(c3)C(=O)N[C@@H]3CCCC[C@H]3NC4=O)[C@H](NC(=O)c3cc4cc(c3)C(=O)N[C@@H]3CCCC[C@H]3NC(=O)c3cc(C(=O)NCc5ccccc5)cc(c3)C(=O)N[C@@H]3CCCC[C@H]3NC4=O)C2)cc1. The first-order valence-corrected chi connectivity index (χ1v) is 39.7. The van der Waals surface area contributed by atoms with Gasteiger partial charge in [0.1, 0.15) is 12.4 Å². The van der Waals surface area contributed by atoms with Gasteiger partial charge in [-0.25, -0.2) is 0 Å². The van der Waals surface area contributed by atoms with Gasteiger partial charge in [-0.05, 0) is 160 Å². The Hall–Kier alpha value is -12.8. The van der Waals surface area contributed by atoms with Crippen LogP contribution in [0.25, 0.3) is 0 Å². The highest BCUT2D eigenvalue weighted by molar-refractivity contribution is 6.09. The van der Waals surface area contributed by atoms with E-state index in [2.05, 4.69) is 70.4 Å². The van der Waals surface area contributed by atoms with E-state index < -0.39 is 137 Å². The van der Waals surface area contributed by atoms with E-state index in [0.29, 0.717) is 108 Å². The Balaban J connectivity index is 0.754. The Labute approximate surface area is 664 Å². The van der Waals surface area contributed by atoms with Crippen LogP contribution in [0.1, 0.15) is 249 Å². The molecule has 594 valence electrons. The van der Waals surface area contributed by atoms with Crippen molar-refractivity contribution in [3.63, 3.8) is 0 Å². The Bertz CT molecular complexity index is 4510. The molecule has 7 aliphatic rings. The van der Waals surface area contributed by atoms with E-state index in [1.54, 1.807) is 30.3 Å². The van der Waals surface area contributed by atoms with Crippen molar-refractivity contribution < 1.29 is 67.1 Å². The van der Waals surface area contributed by atoms with Gasteiger partial charge in [0.25, 0.3) is 76.8 Å². The molecule has 8 bridgehead atoms. The third kappa shape index (κ3) is 19.3. The number of hydrogen-bond donors (Lipinski definition) is 12. The average molecular weight is 1560 g/mol. The molecule has 0 unspecified atom stereocenters. The zero-order valence-electron chi connectivity index (χ0n) is 63.6. The molecule has 5 fully saturated rings. The number of hydrogen-bond acceptors (Lipinski definition) is 14. The van der Waals surface area contributed by atoms with Crippen molar-refractivity contribution in [3.8, 4) is 5.75 Å². The van der Waals surface area contributed by atoms with Gasteiger partial charge in [0.05, 0.1) is 12.1 Å². The van der Waals surface area contributed by atoms with Crippen LogP contribution in [-0.2, 0) is 13.1 Å². The molecule has 14 rings (SSSR count). The van der Waals surface area contributed by atoms with E-state index >= 15 is 9.59 Å². The molecule has 27 heteroatoms. The van der Waals surface area contributed by atoms with Gasteiger partial charge in [-0.3, -0.25) is 62.3 Å². The Kier molecular flexibility index (Phi) is 24.6. The fraction of sp³-hybridized carbons (Fsp3) is 0.352. The monoisotopic (exact) mass is 1560 g/mol. The lowest BCUT2D eigenvalue weighted by Crippen LogP contribution is -2.54. The topological polar surface area (TPSA) is 379 Å². The van der Waals surface area contributed by atoms with Gasteiger partial charge in [0.2, 0.25) is 0 Å². The zero-order chi connectivity index (χ0) is 80.2. The van der Waals surface area contributed by atoms with Gasteiger partial charge in [0.15, 0.2) is 0 Å². The molecule has 0 spiro atoms. The highest BCUT2D eigenvalue weighted by atomic mass is 16.5. The predicted octanol–water partition coefficient (Wildman–Crippen LogP) is 7.68. The third-order valence-electron chi connectivity index (χ3n) is 22.8. The van der Waals surface area contributed by atoms with Gasteiger partial charge < -0.3 is 73.4 Å². The van der Waals surface area contributed by atoms with E-state index in [1.807, 2.05) is 60.7 Å². The zero-order valence-corrected chi connectivity index (χ0v) is 63.6. The number of fused-ring (bicyclic) bond motifs is 12. The number of likely N-dealkylation sites (tertiary alicyclic amines) is 1. The second kappa shape index (κ2) is 35.9. The van der Waals surface area contributed by atoms with Crippen molar-refractivity contribution >= 4 is 76.8 Å². The van der Waals surface area contributed by atoms with Crippen molar-refractivity contribution in [2.24, 2.45) is 0 Å². The number of rotatable bonds is 14. The summed E-state index contributed by atoms with van der Waals surface area (Å²) in [7, 11) is 0. The minimum Gasteiger partial charge on any atom is -0.490 e. The Morgan fingerprint density at radius 2 is 0.591 bits per heavy atom.